The predicted molar refractivity (Wildman–Crippen MR) is 40.9 cm³/mol. The number of rotatable bonds is 1. The number of carbonyl (C=O) groups is 1. The quantitative estimate of drug-likeness (QED) is 0.530. The molecule has 0 bridgehead atoms. The molecule has 1 rings (SSSR count). The standard InChI is InChI=1S/C6H11NO3S/c1-7-4-3-5(6(7)8)11(2,9)10/h5H,3-4H2,1-2H3. The third kappa shape index (κ3) is 1.53. The zero-order valence-corrected chi connectivity index (χ0v) is 7.39. The number of amides is 1. The fourth-order valence-electron chi connectivity index (χ4n) is 1.19. The Morgan fingerprint density at radius 1 is 1.55 bits per heavy atom. The molecular weight excluding hydrogens is 166 g/mol. The smallest absolute Gasteiger partial charge is 0.240 e. The van der Waals surface area contributed by atoms with Gasteiger partial charge in [-0.25, -0.2) is 8.42 Å². The molecule has 1 aliphatic heterocycles. The minimum absolute atomic E-state index is 0.271. The van der Waals surface area contributed by atoms with E-state index in [-0.39, 0.29) is 5.91 Å². The highest BCUT2D eigenvalue weighted by Crippen LogP contribution is 2.15. The van der Waals surface area contributed by atoms with Crippen LogP contribution in [0.1, 0.15) is 6.42 Å². The Labute approximate surface area is 66.1 Å². The minimum Gasteiger partial charge on any atom is -0.345 e. The van der Waals surface area contributed by atoms with Gasteiger partial charge >= 0.3 is 0 Å². The summed E-state index contributed by atoms with van der Waals surface area (Å²) in [5, 5.41) is -0.785. The first-order valence-electron chi connectivity index (χ1n) is 3.37. The van der Waals surface area contributed by atoms with Crippen LogP contribution in [0, 0.1) is 0 Å². The van der Waals surface area contributed by atoms with Crippen LogP contribution in [-0.4, -0.2) is 44.3 Å². The van der Waals surface area contributed by atoms with Crippen LogP contribution >= 0.6 is 0 Å². The zero-order chi connectivity index (χ0) is 8.65. The fourth-order valence-corrected chi connectivity index (χ4v) is 2.27. The van der Waals surface area contributed by atoms with Gasteiger partial charge in [0.1, 0.15) is 5.25 Å². The summed E-state index contributed by atoms with van der Waals surface area (Å²) in [4.78, 5) is 12.5. The summed E-state index contributed by atoms with van der Waals surface area (Å²) in [7, 11) is -1.56. The molecule has 1 saturated heterocycles. The average molecular weight is 177 g/mol. The molecule has 0 saturated carbocycles. The van der Waals surface area contributed by atoms with E-state index in [2.05, 4.69) is 0 Å². The van der Waals surface area contributed by atoms with Crippen molar-refractivity contribution in [3.05, 3.63) is 0 Å². The molecule has 0 radical (unpaired) electrons. The van der Waals surface area contributed by atoms with Crippen molar-refractivity contribution >= 4 is 15.7 Å². The summed E-state index contributed by atoms with van der Waals surface area (Å²) >= 11 is 0. The van der Waals surface area contributed by atoms with Gasteiger partial charge in [0.15, 0.2) is 9.84 Å². The number of likely N-dealkylation sites (tertiary alicyclic amines) is 1. The Bertz CT molecular complexity index is 270. The van der Waals surface area contributed by atoms with Crippen molar-refractivity contribution in [2.45, 2.75) is 11.7 Å². The second kappa shape index (κ2) is 2.48. The first-order chi connectivity index (χ1) is 4.93. The van der Waals surface area contributed by atoms with Gasteiger partial charge in [-0.2, -0.15) is 0 Å². The van der Waals surface area contributed by atoms with E-state index in [1.165, 1.54) is 4.90 Å². The van der Waals surface area contributed by atoms with Crippen LogP contribution in [-0.2, 0) is 14.6 Å². The Morgan fingerprint density at radius 2 is 2.09 bits per heavy atom. The molecule has 1 atom stereocenters. The molecule has 0 spiro atoms. The van der Waals surface area contributed by atoms with Crippen LogP contribution in [0.5, 0.6) is 0 Å². The second-order valence-corrected chi connectivity index (χ2v) is 5.09. The zero-order valence-electron chi connectivity index (χ0n) is 6.57. The summed E-state index contributed by atoms with van der Waals surface area (Å²) in [6.45, 7) is 0.552. The molecule has 5 heteroatoms. The molecule has 11 heavy (non-hydrogen) atoms. The molecule has 4 nitrogen and oxygen atoms in total. The number of sulfone groups is 1. The Hall–Kier alpha value is -0.580. The van der Waals surface area contributed by atoms with E-state index >= 15 is 0 Å². The normalized spacial score (nSPS) is 26.2. The van der Waals surface area contributed by atoms with Crippen LogP contribution in [0.2, 0.25) is 0 Å². The molecule has 0 aliphatic carbocycles. The lowest BCUT2D eigenvalue weighted by Crippen LogP contribution is -2.30. The number of carbonyl (C=O) groups excluding carboxylic acids is 1. The molecule has 0 aromatic rings. The highest BCUT2D eigenvalue weighted by Gasteiger charge is 2.36. The highest BCUT2D eigenvalue weighted by molar-refractivity contribution is 7.92. The molecule has 1 aliphatic rings. The van der Waals surface area contributed by atoms with Crippen molar-refractivity contribution in [3.63, 3.8) is 0 Å². The Kier molecular flexibility index (Phi) is 1.92. The molecule has 0 aromatic carbocycles. The van der Waals surface area contributed by atoms with Crippen LogP contribution in [0.25, 0.3) is 0 Å². The third-order valence-electron chi connectivity index (χ3n) is 1.90. The van der Waals surface area contributed by atoms with Gasteiger partial charge in [0.25, 0.3) is 0 Å². The maximum Gasteiger partial charge on any atom is 0.240 e. The molecule has 1 unspecified atom stereocenters. The summed E-state index contributed by atoms with van der Waals surface area (Å²) < 4.78 is 21.9. The van der Waals surface area contributed by atoms with Crippen molar-refractivity contribution in [2.24, 2.45) is 0 Å². The lowest BCUT2D eigenvalue weighted by atomic mass is 10.4. The van der Waals surface area contributed by atoms with Crippen molar-refractivity contribution in [3.8, 4) is 0 Å². The molecule has 0 aromatic heterocycles. The van der Waals surface area contributed by atoms with E-state index in [1.54, 1.807) is 7.05 Å². The van der Waals surface area contributed by atoms with Gasteiger partial charge in [-0.15, -0.1) is 0 Å². The first kappa shape index (κ1) is 8.52. The van der Waals surface area contributed by atoms with E-state index < -0.39 is 15.1 Å². The highest BCUT2D eigenvalue weighted by atomic mass is 32.2. The number of nitrogens with zero attached hydrogens (tertiary/aromatic N) is 1. The van der Waals surface area contributed by atoms with Gasteiger partial charge in [-0.05, 0) is 6.42 Å². The van der Waals surface area contributed by atoms with Crippen molar-refractivity contribution in [1.82, 2.24) is 4.90 Å². The van der Waals surface area contributed by atoms with E-state index in [1.807, 2.05) is 0 Å². The molecule has 64 valence electrons. The first-order valence-corrected chi connectivity index (χ1v) is 5.32. The van der Waals surface area contributed by atoms with Crippen LogP contribution in [0.4, 0.5) is 0 Å². The summed E-state index contributed by atoms with van der Waals surface area (Å²) in [5.41, 5.74) is 0. The second-order valence-electron chi connectivity index (χ2n) is 2.87. The predicted octanol–water partition coefficient (Wildman–Crippen LogP) is -0.738. The van der Waals surface area contributed by atoms with Gasteiger partial charge < -0.3 is 4.90 Å². The molecular formula is C6H11NO3S. The largest absolute Gasteiger partial charge is 0.345 e. The molecule has 1 heterocycles. The maximum atomic E-state index is 11.1. The number of hydrogen-bond acceptors (Lipinski definition) is 3. The van der Waals surface area contributed by atoms with Gasteiger partial charge in [-0.1, -0.05) is 0 Å². The minimum atomic E-state index is -3.18. The van der Waals surface area contributed by atoms with Crippen molar-refractivity contribution in [1.29, 1.82) is 0 Å². The van der Waals surface area contributed by atoms with Crippen molar-refractivity contribution < 1.29 is 13.2 Å². The van der Waals surface area contributed by atoms with E-state index in [0.717, 1.165) is 6.26 Å². The van der Waals surface area contributed by atoms with E-state index in [4.69, 9.17) is 0 Å². The van der Waals surface area contributed by atoms with Crippen LogP contribution in [0.3, 0.4) is 0 Å². The van der Waals surface area contributed by atoms with Crippen molar-refractivity contribution in [2.75, 3.05) is 19.8 Å². The third-order valence-corrected chi connectivity index (χ3v) is 3.37. The number of hydrogen-bond donors (Lipinski definition) is 0. The fraction of sp³-hybridized carbons (Fsp3) is 0.833. The average Bonchev–Trinajstić information content (AvgIpc) is 2.11. The lowest BCUT2D eigenvalue weighted by molar-refractivity contribution is -0.126. The summed E-state index contributed by atoms with van der Waals surface area (Å²) in [6.07, 6.45) is 1.54. The summed E-state index contributed by atoms with van der Waals surface area (Å²) in [5.74, 6) is -0.271. The van der Waals surface area contributed by atoms with Gasteiger partial charge in [-0.3, -0.25) is 4.79 Å². The van der Waals surface area contributed by atoms with E-state index in [0.29, 0.717) is 13.0 Å². The van der Waals surface area contributed by atoms with Gasteiger partial charge in [0.2, 0.25) is 5.91 Å². The van der Waals surface area contributed by atoms with Crippen LogP contribution < -0.4 is 0 Å². The maximum absolute atomic E-state index is 11.1. The Morgan fingerprint density at radius 3 is 2.27 bits per heavy atom. The topological polar surface area (TPSA) is 54.5 Å². The SMILES string of the molecule is CN1CCC(S(C)(=O)=O)C1=O. The molecule has 1 amide bonds. The van der Waals surface area contributed by atoms with E-state index in [9.17, 15) is 13.2 Å². The van der Waals surface area contributed by atoms with Gasteiger partial charge in [0.05, 0.1) is 0 Å². The molecule has 1 fully saturated rings. The molecule has 0 N–H and O–H groups in total. The van der Waals surface area contributed by atoms with Gasteiger partial charge in [0, 0.05) is 19.8 Å². The Balaban J connectivity index is 2.87. The van der Waals surface area contributed by atoms with Crippen LogP contribution in [0.15, 0.2) is 0 Å². The monoisotopic (exact) mass is 177 g/mol. The lowest BCUT2D eigenvalue weighted by Gasteiger charge is -2.07. The summed E-state index contributed by atoms with van der Waals surface area (Å²) in [6, 6.07) is 0.